The monoisotopic (exact) mass is 832 g/mol. The Balaban J connectivity index is 1.91. The maximum absolute atomic E-state index is 11.1. The van der Waals surface area contributed by atoms with Crippen molar-refractivity contribution >= 4 is 85.2 Å². The topological polar surface area (TPSA) is 159 Å². The lowest BCUT2D eigenvalue weighted by Crippen LogP contribution is -2.67. The third kappa shape index (κ3) is 10.8. The van der Waals surface area contributed by atoms with E-state index in [2.05, 4.69) is 91.8 Å². The highest BCUT2D eigenvalue weighted by Crippen LogP contribution is 2.39. The van der Waals surface area contributed by atoms with Gasteiger partial charge < -0.3 is 74.2 Å². The van der Waals surface area contributed by atoms with Gasteiger partial charge in [0.1, 0.15) is 73.2 Å². The van der Waals surface area contributed by atoms with Crippen LogP contribution in [0.4, 0.5) is 0 Å². The number of aliphatic hydroxyl groups is 1. The van der Waals surface area contributed by atoms with Gasteiger partial charge in [0.15, 0.2) is 18.9 Å². The Bertz CT molecular complexity index is 878. The van der Waals surface area contributed by atoms with E-state index in [9.17, 15) is 5.11 Å². The van der Waals surface area contributed by atoms with Crippen molar-refractivity contribution in [1.82, 2.24) is 0 Å². The maximum Gasteiger partial charge on any atom is 0.187 e. The van der Waals surface area contributed by atoms with E-state index in [1.807, 2.05) is 0 Å². The lowest BCUT2D eigenvalue weighted by atomic mass is 9.96. The third-order valence-corrected chi connectivity index (χ3v) is 9.95. The number of hydrogen-bond acceptors (Lipinski definition) is 16. The molecule has 16 unspecified atom stereocenters. The lowest BCUT2D eigenvalue weighted by molar-refractivity contribution is -0.367. The van der Waals surface area contributed by atoms with E-state index in [1.165, 1.54) is 0 Å². The summed E-state index contributed by atoms with van der Waals surface area (Å²) >= 11 is 0. The van der Waals surface area contributed by atoms with Crippen LogP contribution in [-0.2, 0) is 69.1 Å². The van der Waals surface area contributed by atoms with E-state index in [1.54, 1.807) is 6.08 Å². The first-order valence-electron chi connectivity index (χ1n) is 13.6. The molecule has 0 amide bonds. The van der Waals surface area contributed by atoms with Crippen LogP contribution in [0.3, 0.4) is 0 Å². The molecule has 0 spiro atoms. The zero-order valence-electron chi connectivity index (χ0n) is 24.5. The third-order valence-electron chi connectivity index (χ3n) is 7.48. The van der Waals surface area contributed by atoms with E-state index in [4.69, 9.17) is 69.1 Å². The summed E-state index contributed by atoms with van der Waals surface area (Å²) in [6.45, 7) is 4.07. The first kappa shape index (κ1) is 43.4. The molecule has 270 valence electrons. The van der Waals surface area contributed by atoms with Gasteiger partial charge in [-0.2, -0.15) is 0 Å². The molecule has 3 rings (SSSR count). The van der Waals surface area contributed by atoms with Gasteiger partial charge in [-0.15, -0.1) is 6.58 Å². The van der Waals surface area contributed by atoms with E-state index >= 15 is 0 Å². The Morgan fingerprint density at radius 2 is 0.870 bits per heavy atom. The minimum Gasteiger partial charge on any atom is -0.387 e. The predicted octanol–water partition coefficient (Wildman–Crippen LogP) is 0.967. The number of hydrogen-bond donors (Lipinski definition) is 1. The van der Waals surface area contributed by atoms with Crippen molar-refractivity contribution in [3.05, 3.63) is 12.7 Å². The van der Waals surface area contributed by atoms with Crippen LogP contribution in [-0.4, -0.2) is 124 Å². The molecule has 3 saturated heterocycles. The van der Waals surface area contributed by atoms with Gasteiger partial charge in [-0.3, -0.25) is 0 Å². The van der Waals surface area contributed by atoms with Crippen molar-refractivity contribution in [2.75, 3.05) is 26.4 Å². The van der Waals surface area contributed by atoms with Crippen molar-refractivity contribution < 1.29 is 74.2 Å². The predicted molar refractivity (Wildman–Crippen MR) is 192 cm³/mol. The molecular formula is C21H45O16P9. The Morgan fingerprint density at radius 1 is 0.500 bits per heavy atom. The van der Waals surface area contributed by atoms with E-state index < -0.39 is 92.1 Å². The molecular weight excluding hydrogens is 787 g/mol. The average Bonchev–Trinajstić information content (AvgIpc) is 3.05. The molecule has 46 heavy (non-hydrogen) atoms. The molecule has 0 aromatic heterocycles. The fourth-order valence-corrected chi connectivity index (χ4v) is 7.78. The van der Waals surface area contributed by atoms with Crippen LogP contribution < -0.4 is 0 Å². The van der Waals surface area contributed by atoms with Gasteiger partial charge in [0.25, 0.3) is 0 Å². The minimum absolute atomic E-state index is 0.0120. The van der Waals surface area contributed by atoms with E-state index in [-0.39, 0.29) is 26.4 Å². The van der Waals surface area contributed by atoms with Crippen molar-refractivity contribution in [2.45, 2.75) is 92.1 Å². The van der Waals surface area contributed by atoms with Gasteiger partial charge in [-0.1, -0.05) is 6.08 Å². The maximum atomic E-state index is 11.1. The van der Waals surface area contributed by atoms with Crippen LogP contribution in [0.1, 0.15) is 0 Å². The fraction of sp³-hybridized carbons (Fsp3) is 0.905. The summed E-state index contributed by atoms with van der Waals surface area (Å²) in [5.74, 6) is 0. The van der Waals surface area contributed by atoms with Crippen molar-refractivity contribution in [3.8, 4) is 0 Å². The average molecular weight is 832 g/mol. The minimum atomic E-state index is -1.16. The zero-order chi connectivity index (χ0) is 33.8. The highest BCUT2D eigenvalue weighted by molar-refractivity contribution is 7.11. The molecule has 3 fully saturated rings. The van der Waals surface area contributed by atoms with Crippen LogP contribution in [0.15, 0.2) is 12.7 Å². The molecule has 0 saturated carbocycles. The first-order chi connectivity index (χ1) is 22.3. The standard InChI is InChI=1S/C21H45O16P9/c1-2-3-23-19-17(36-45)15(34-43)12(8(27-19)5-25-39)31-21-18(37-46)16(35-44)13(9(29-21)6-26-40)30-20-14(33-42)10(22)11(32-41)7(28-20)4-24-38/h2,7-22H,1,3-6,38-46H2/t7?,8?,9?,10-,11-,12+,13-,14?,15-,16-,17?,18?,19?,20+,21-/m0/s1. The summed E-state index contributed by atoms with van der Waals surface area (Å²) in [7, 11) is 19.6. The largest absolute Gasteiger partial charge is 0.387 e. The van der Waals surface area contributed by atoms with E-state index in [0.29, 0.717) is 0 Å². The SMILES string of the molecule is C=CCOC1OC(COP)[C@@H](O[C@@H]2OC(COP)[C@H](O[C@H]3OC(COP)[C@H](OP)[C@H](O)C3OP)[C@H](OP)C2OP)[C@H](OP)C1OP. The Hall–Kier alpha value is 2.97. The molecule has 0 bridgehead atoms. The summed E-state index contributed by atoms with van der Waals surface area (Å²) in [6.07, 6.45) is -11.6. The lowest BCUT2D eigenvalue weighted by Gasteiger charge is -2.50. The van der Waals surface area contributed by atoms with Crippen molar-refractivity contribution in [1.29, 1.82) is 0 Å². The van der Waals surface area contributed by atoms with Gasteiger partial charge in [-0.05, 0) is 0 Å². The smallest absolute Gasteiger partial charge is 0.187 e. The molecule has 0 aromatic carbocycles. The quantitative estimate of drug-likeness (QED) is 0.145. The van der Waals surface area contributed by atoms with Crippen LogP contribution in [0.5, 0.6) is 0 Å². The van der Waals surface area contributed by atoms with Gasteiger partial charge in [0, 0.05) is 85.2 Å². The number of aliphatic hydroxyl groups excluding tert-OH is 1. The Morgan fingerprint density at radius 3 is 1.26 bits per heavy atom. The second-order valence-corrected chi connectivity index (χ2v) is 12.7. The summed E-state index contributed by atoms with van der Waals surface area (Å²) < 4.78 is 87.4. The van der Waals surface area contributed by atoms with Gasteiger partial charge >= 0.3 is 0 Å². The van der Waals surface area contributed by atoms with Crippen LogP contribution >= 0.6 is 85.2 Å². The Kier molecular flexibility index (Phi) is 21.6. The Labute approximate surface area is 290 Å². The van der Waals surface area contributed by atoms with Crippen molar-refractivity contribution in [2.24, 2.45) is 0 Å². The molecule has 25 heteroatoms. The summed E-state index contributed by atoms with van der Waals surface area (Å²) in [6, 6.07) is 0. The van der Waals surface area contributed by atoms with Gasteiger partial charge in [-0.25, -0.2) is 0 Å². The number of ether oxygens (including phenoxy) is 6. The second kappa shape index (κ2) is 22.9. The number of rotatable bonds is 19. The highest BCUT2D eigenvalue weighted by atomic mass is 31.0. The van der Waals surface area contributed by atoms with Gasteiger partial charge in [0.2, 0.25) is 0 Å². The van der Waals surface area contributed by atoms with Crippen LogP contribution in [0.2, 0.25) is 0 Å². The fourth-order valence-electron chi connectivity index (χ4n) is 5.40. The summed E-state index contributed by atoms with van der Waals surface area (Å²) in [5.41, 5.74) is 0. The van der Waals surface area contributed by atoms with Gasteiger partial charge in [0.05, 0.1) is 26.4 Å². The summed E-state index contributed by atoms with van der Waals surface area (Å²) in [5, 5.41) is 11.1. The molecule has 16 nitrogen and oxygen atoms in total. The van der Waals surface area contributed by atoms with E-state index in [0.717, 1.165) is 0 Å². The molecule has 3 aliphatic heterocycles. The normalized spacial score (nSPS) is 41.8. The molecule has 1 N–H and O–H groups in total. The van der Waals surface area contributed by atoms with Crippen molar-refractivity contribution in [3.63, 3.8) is 0 Å². The molecule has 3 heterocycles. The molecule has 0 aliphatic carbocycles. The summed E-state index contributed by atoms with van der Waals surface area (Å²) in [4.78, 5) is 0. The first-order valence-corrected chi connectivity index (χ1v) is 17.8. The highest BCUT2D eigenvalue weighted by Gasteiger charge is 2.56. The van der Waals surface area contributed by atoms with Crippen LogP contribution in [0.25, 0.3) is 0 Å². The molecule has 24 atom stereocenters. The molecule has 0 aromatic rings. The molecule has 3 aliphatic rings. The zero-order valence-corrected chi connectivity index (χ0v) is 34.9. The second-order valence-electron chi connectivity index (χ2n) is 10.0. The molecule has 0 radical (unpaired) electrons. The van der Waals surface area contributed by atoms with Crippen LogP contribution in [0, 0.1) is 0 Å².